The third kappa shape index (κ3) is 3.68. The molecule has 1 amide bonds. The van der Waals surface area contributed by atoms with Gasteiger partial charge in [0.25, 0.3) is 5.91 Å². The summed E-state index contributed by atoms with van der Waals surface area (Å²) in [5.41, 5.74) is -4.14. The van der Waals surface area contributed by atoms with Crippen LogP contribution in [0.15, 0.2) is 10.7 Å². The number of rotatable bonds is 2. The molecule has 0 aliphatic rings. The monoisotopic (exact) mass is 351 g/mol. The van der Waals surface area contributed by atoms with Crippen molar-refractivity contribution in [3.8, 4) is 6.07 Å². The lowest BCUT2D eigenvalue weighted by atomic mass is 10.1. The molecule has 0 aliphatic heterocycles. The van der Waals surface area contributed by atoms with E-state index >= 15 is 0 Å². The average Bonchev–Trinajstić information content (AvgIpc) is 2.28. The van der Waals surface area contributed by atoms with Crippen molar-refractivity contribution in [3.05, 3.63) is 21.9 Å². The minimum absolute atomic E-state index is 0.139. The molecule has 5 nitrogen and oxygen atoms in total. The Morgan fingerprint density at radius 2 is 2.05 bits per heavy atom. The van der Waals surface area contributed by atoms with E-state index in [-0.39, 0.29) is 10.3 Å². The van der Waals surface area contributed by atoms with Crippen molar-refractivity contribution in [2.45, 2.75) is 25.6 Å². The second kappa shape index (κ2) is 5.38. The Kier molecular flexibility index (Phi) is 4.41. The van der Waals surface area contributed by atoms with Gasteiger partial charge in [-0.15, -0.1) is 0 Å². The fourth-order valence-corrected chi connectivity index (χ4v) is 1.55. The van der Waals surface area contributed by atoms with E-state index in [2.05, 4.69) is 26.2 Å². The van der Waals surface area contributed by atoms with Crippen LogP contribution in [0.25, 0.3) is 0 Å². The molecule has 0 fully saturated rings. The van der Waals surface area contributed by atoms with Crippen LogP contribution >= 0.6 is 15.9 Å². The summed E-state index contributed by atoms with van der Waals surface area (Å²) in [6.45, 7) is 2.36. The van der Waals surface area contributed by atoms with E-state index in [1.54, 1.807) is 0 Å². The van der Waals surface area contributed by atoms with Gasteiger partial charge in [0.05, 0.1) is 11.3 Å². The lowest BCUT2D eigenvalue weighted by molar-refractivity contribution is -0.138. The summed E-state index contributed by atoms with van der Waals surface area (Å²) in [5, 5.41) is 20.2. The zero-order valence-electron chi connectivity index (χ0n) is 10.3. The normalized spacial score (nSPS) is 11.9. The quantitative estimate of drug-likeness (QED) is 0.801. The molecule has 0 aliphatic carbocycles. The maximum absolute atomic E-state index is 12.7. The van der Waals surface area contributed by atoms with Crippen LogP contribution in [-0.2, 0) is 11.0 Å². The number of hydrogen-bond donors (Lipinski definition) is 2. The molecule has 1 aromatic heterocycles. The zero-order valence-corrected chi connectivity index (χ0v) is 11.9. The molecular weight excluding hydrogens is 343 g/mol. The second-order valence-electron chi connectivity index (χ2n) is 4.35. The number of aromatic nitrogens is 1. The molecule has 1 heterocycles. The summed E-state index contributed by atoms with van der Waals surface area (Å²) in [4.78, 5) is 15.0. The van der Waals surface area contributed by atoms with E-state index in [1.165, 1.54) is 19.9 Å². The SMILES string of the molecule is CC(C)(O)C(=O)Nc1cc(C(F)(F)F)c(C#N)nc1Br. The summed E-state index contributed by atoms with van der Waals surface area (Å²) >= 11 is 2.86. The topological polar surface area (TPSA) is 86.0 Å². The standard InChI is InChI=1S/C11H9BrF3N3O2/c1-10(2,20)9(19)18-6-3-5(11(13,14)15)7(4-16)17-8(6)12/h3,20H,1-2H3,(H,18,19). The molecule has 0 saturated carbocycles. The fourth-order valence-electron chi connectivity index (χ4n) is 1.16. The highest BCUT2D eigenvalue weighted by Crippen LogP contribution is 2.35. The van der Waals surface area contributed by atoms with Crippen molar-refractivity contribution in [2.24, 2.45) is 0 Å². The molecule has 1 rings (SSSR count). The molecule has 9 heteroatoms. The Balaban J connectivity index is 3.31. The predicted molar refractivity (Wildman–Crippen MR) is 66.6 cm³/mol. The van der Waals surface area contributed by atoms with Gasteiger partial charge < -0.3 is 10.4 Å². The molecule has 1 aromatic rings. The van der Waals surface area contributed by atoms with Gasteiger partial charge in [0, 0.05) is 0 Å². The maximum Gasteiger partial charge on any atom is 0.419 e. The fraction of sp³-hybridized carbons (Fsp3) is 0.364. The van der Waals surface area contributed by atoms with Crippen molar-refractivity contribution in [3.63, 3.8) is 0 Å². The lowest BCUT2D eigenvalue weighted by Crippen LogP contribution is -2.36. The highest BCUT2D eigenvalue weighted by Gasteiger charge is 2.36. The zero-order chi connectivity index (χ0) is 15.7. The van der Waals surface area contributed by atoms with Crippen molar-refractivity contribution >= 4 is 27.5 Å². The minimum Gasteiger partial charge on any atom is -0.381 e. The number of halogens is 4. The number of nitriles is 1. The van der Waals surface area contributed by atoms with Crippen molar-refractivity contribution in [2.75, 3.05) is 5.32 Å². The second-order valence-corrected chi connectivity index (χ2v) is 5.10. The number of nitrogens with one attached hydrogen (secondary N) is 1. The van der Waals surface area contributed by atoms with Gasteiger partial charge in [-0.1, -0.05) is 0 Å². The lowest BCUT2D eigenvalue weighted by Gasteiger charge is -2.18. The first-order chi connectivity index (χ1) is 8.96. The first-order valence-electron chi connectivity index (χ1n) is 5.18. The number of nitrogens with zero attached hydrogens (tertiary/aromatic N) is 2. The number of hydrogen-bond acceptors (Lipinski definition) is 4. The number of amides is 1. The third-order valence-electron chi connectivity index (χ3n) is 2.19. The predicted octanol–water partition coefficient (Wildman–Crippen LogP) is 2.44. The maximum atomic E-state index is 12.7. The van der Waals surface area contributed by atoms with Gasteiger partial charge in [-0.3, -0.25) is 4.79 Å². The molecule has 0 radical (unpaired) electrons. The van der Waals surface area contributed by atoms with E-state index in [1.807, 2.05) is 0 Å². The minimum atomic E-state index is -4.78. The number of anilines is 1. The molecule has 0 aromatic carbocycles. The van der Waals surface area contributed by atoms with Gasteiger partial charge in [-0.25, -0.2) is 4.98 Å². The Labute approximate surface area is 120 Å². The van der Waals surface area contributed by atoms with E-state index in [9.17, 15) is 23.1 Å². The van der Waals surface area contributed by atoms with Gasteiger partial charge in [0.15, 0.2) is 5.69 Å². The van der Waals surface area contributed by atoms with Crippen LogP contribution in [0.4, 0.5) is 18.9 Å². The van der Waals surface area contributed by atoms with Crippen LogP contribution in [0.5, 0.6) is 0 Å². The largest absolute Gasteiger partial charge is 0.419 e. The number of alkyl halides is 3. The molecule has 0 atom stereocenters. The van der Waals surface area contributed by atoms with Gasteiger partial charge in [-0.2, -0.15) is 18.4 Å². The van der Waals surface area contributed by atoms with Gasteiger partial charge in [-0.05, 0) is 35.8 Å². The Morgan fingerprint density at radius 1 is 1.50 bits per heavy atom. The van der Waals surface area contributed by atoms with Crippen molar-refractivity contribution in [1.82, 2.24) is 4.98 Å². The smallest absolute Gasteiger partial charge is 0.381 e. The molecule has 0 bridgehead atoms. The van der Waals surface area contributed by atoms with E-state index in [0.29, 0.717) is 6.07 Å². The van der Waals surface area contributed by atoms with Crippen LogP contribution in [0.1, 0.15) is 25.1 Å². The number of carbonyl (C=O) groups is 1. The van der Waals surface area contributed by atoms with Gasteiger partial charge in [0.2, 0.25) is 0 Å². The highest BCUT2D eigenvalue weighted by atomic mass is 79.9. The number of aliphatic hydroxyl groups is 1. The summed E-state index contributed by atoms with van der Waals surface area (Å²) in [5.74, 6) is -0.905. The van der Waals surface area contributed by atoms with Crippen LogP contribution in [0.2, 0.25) is 0 Å². The van der Waals surface area contributed by atoms with Crippen LogP contribution in [0, 0.1) is 11.3 Å². The van der Waals surface area contributed by atoms with Crippen molar-refractivity contribution < 1.29 is 23.1 Å². The Morgan fingerprint density at radius 3 is 2.45 bits per heavy atom. The molecule has 0 unspecified atom stereocenters. The summed E-state index contributed by atoms with van der Waals surface area (Å²) in [7, 11) is 0. The van der Waals surface area contributed by atoms with Gasteiger partial charge >= 0.3 is 6.18 Å². The van der Waals surface area contributed by atoms with Crippen LogP contribution < -0.4 is 5.32 Å². The molecule has 2 N–H and O–H groups in total. The molecule has 0 spiro atoms. The number of carbonyl (C=O) groups excluding carboxylic acids is 1. The summed E-state index contributed by atoms with van der Waals surface area (Å²) in [6.07, 6.45) is -4.78. The number of pyridine rings is 1. The van der Waals surface area contributed by atoms with E-state index in [4.69, 9.17) is 5.26 Å². The first-order valence-corrected chi connectivity index (χ1v) is 5.97. The average molecular weight is 352 g/mol. The first kappa shape index (κ1) is 16.4. The molecule has 20 heavy (non-hydrogen) atoms. The molecular formula is C11H9BrF3N3O2. The summed E-state index contributed by atoms with van der Waals surface area (Å²) < 4.78 is 38.1. The third-order valence-corrected chi connectivity index (χ3v) is 2.80. The molecule has 108 valence electrons. The van der Waals surface area contributed by atoms with E-state index in [0.717, 1.165) is 0 Å². The van der Waals surface area contributed by atoms with Gasteiger partial charge in [0.1, 0.15) is 16.3 Å². The Hall–Kier alpha value is -1.66. The van der Waals surface area contributed by atoms with Crippen LogP contribution in [0.3, 0.4) is 0 Å². The van der Waals surface area contributed by atoms with Crippen LogP contribution in [-0.4, -0.2) is 21.6 Å². The van der Waals surface area contributed by atoms with Crippen molar-refractivity contribution in [1.29, 1.82) is 5.26 Å². The Bertz CT molecular complexity index is 588. The molecule has 0 saturated heterocycles. The highest BCUT2D eigenvalue weighted by molar-refractivity contribution is 9.10. The van der Waals surface area contributed by atoms with E-state index < -0.39 is 28.9 Å². The summed E-state index contributed by atoms with van der Waals surface area (Å²) in [6, 6.07) is 1.91.